The van der Waals surface area contributed by atoms with Gasteiger partial charge in [-0.25, -0.2) is 4.99 Å². The molecule has 0 radical (unpaired) electrons. The molecule has 26 heavy (non-hydrogen) atoms. The smallest absolute Gasteiger partial charge is 0.278 e. The van der Waals surface area contributed by atoms with E-state index in [0.717, 1.165) is 28.1 Å². The Balaban J connectivity index is 1.62. The molecule has 4 heteroatoms. The molecule has 0 N–H and O–H groups in total. The minimum Gasteiger partial charge on any atom is -0.299 e. The summed E-state index contributed by atoms with van der Waals surface area (Å²) in [5.74, 6) is 0.875. The first-order chi connectivity index (χ1) is 12.8. The molecule has 0 saturated heterocycles. The van der Waals surface area contributed by atoms with Crippen molar-refractivity contribution < 1.29 is 4.79 Å². The molecule has 0 bridgehead atoms. The maximum Gasteiger partial charge on any atom is 0.278 e. The second-order valence-corrected chi connectivity index (χ2v) is 7.35. The Morgan fingerprint density at radius 3 is 2.62 bits per heavy atom. The highest BCUT2D eigenvalue weighted by atomic mass is 32.2. The third-order valence-electron chi connectivity index (χ3n) is 4.81. The van der Waals surface area contributed by atoms with Crippen LogP contribution < -0.4 is 4.90 Å². The van der Waals surface area contributed by atoms with Crippen molar-refractivity contribution in [1.29, 1.82) is 0 Å². The second-order valence-electron chi connectivity index (χ2n) is 6.41. The fourth-order valence-electron chi connectivity index (χ4n) is 3.55. The molecule has 5 rings (SSSR count). The Morgan fingerprint density at radius 1 is 0.962 bits per heavy atom. The monoisotopic (exact) mass is 356 g/mol. The van der Waals surface area contributed by atoms with E-state index in [1.165, 1.54) is 5.39 Å². The van der Waals surface area contributed by atoms with Crippen LogP contribution in [-0.4, -0.2) is 23.4 Å². The second kappa shape index (κ2) is 6.15. The number of hydrogen-bond acceptors (Lipinski definition) is 3. The average molecular weight is 356 g/mol. The summed E-state index contributed by atoms with van der Waals surface area (Å²) >= 11 is 1.74. The summed E-state index contributed by atoms with van der Waals surface area (Å²) in [5.41, 5.74) is 3.20. The van der Waals surface area contributed by atoms with Crippen molar-refractivity contribution in [3.63, 3.8) is 0 Å². The van der Waals surface area contributed by atoms with Gasteiger partial charge >= 0.3 is 0 Å². The number of para-hydroxylation sites is 1. The Hall–Kier alpha value is -2.85. The van der Waals surface area contributed by atoms with Crippen molar-refractivity contribution >= 4 is 45.5 Å². The van der Waals surface area contributed by atoms with Crippen molar-refractivity contribution in [2.24, 2.45) is 4.99 Å². The van der Waals surface area contributed by atoms with Gasteiger partial charge in [-0.3, -0.25) is 9.69 Å². The Kier molecular flexibility index (Phi) is 3.64. The van der Waals surface area contributed by atoms with Gasteiger partial charge in [-0.15, -0.1) is 11.8 Å². The zero-order chi connectivity index (χ0) is 17.5. The summed E-state index contributed by atoms with van der Waals surface area (Å²) < 4.78 is 0. The van der Waals surface area contributed by atoms with E-state index in [1.54, 1.807) is 11.8 Å². The summed E-state index contributed by atoms with van der Waals surface area (Å²) in [4.78, 5) is 19.8. The van der Waals surface area contributed by atoms with Crippen LogP contribution in [-0.2, 0) is 4.79 Å². The number of amides is 1. The van der Waals surface area contributed by atoms with Crippen LogP contribution in [0.3, 0.4) is 0 Å². The molecule has 3 aromatic rings. The molecule has 1 atom stereocenters. The highest BCUT2D eigenvalue weighted by molar-refractivity contribution is 8.02. The third-order valence-corrected chi connectivity index (χ3v) is 5.69. The lowest BCUT2D eigenvalue weighted by atomic mass is 10.1. The summed E-state index contributed by atoms with van der Waals surface area (Å²) in [6.45, 7) is 0. The highest BCUT2D eigenvalue weighted by Crippen LogP contribution is 2.35. The van der Waals surface area contributed by atoms with Gasteiger partial charge in [0.25, 0.3) is 5.91 Å². The van der Waals surface area contributed by atoms with E-state index in [2.05, 4.69) is 23.6 Å². The molecule has 1 amide bonds. The topological polar surface area (TPSA) is 32.7 Å². The van der Waals surface area contributed by atoms with E-state index < -0.39 is 0 Å². The SMILES string of the molecule is O=C1/C(=N\c2ccc3ccccc3c2)c2ccccc2N1C1C=CSC1. The minimum atomic E-state index is -0.0171. The normalized spacial score (nSPS) is 20.3. The first-order valence-electron chi connectivity index (χ1n) is 8.60. The molecule has 1 unspecified atom stereocenters. The standard InChI is InChI=1S/C22H16N2OS/c25-22-21(23-17-10-9-15-5-1-2-6-16(15)13-17)19-7-3-4-8-20(19)24(22)18-11-12-26-14-18/h1-13,18H,14H2/b23-21-. The number of rotatable bonds is 2. The quantitative estimate of drug-likeness (QED) is 0.652. The molecule has 0 aromatic heterocycles. The molecule has 0 saturated carbocycles. The fourth-order valence-corrected chi connectivity index (χ4v) is 4.41. The summed E-state index contributed by atoms with van der Waals surface area (Å²) in [7, 11) is 0. The molecule has 0 aliphatic carbocycles. The molecular formula is C22H16N2OS. The van der Waals surface area contributed by atoms with Crippen molar-refractivity contribution in [1.82, 2.24) is 0 Å². The Morgan fingerprint density at radius 2 is 1.77 bits per heavy atom. The molecule has 2 heterocycles. The van der Waals surface area contributed by atoms with Crippen LogP contribution in [0.2, 0.25) is 0 Å². The number of nitrogens with zero attached hydrogens (tertiary/aromatic N) is 2. The number of anilines is 1. The molecular weight excluding hydrogens is 340 g/mol. The molecule has 2 aliphatic heterocycles. The van der Waals surface area contributed by atoms with Crippen molar-refractivity contribution in [2.45, 2.75) is 6.04 Å². The van der Waals surface area contributed by atoms with Crippen LogP contribution in [0.1, 0.15) is 5.56 Å². The maximum atomic E-state index is 13.2. The van der Waals surface area contributed by atoms with Crippen LogP contribution in [0.15, 0.2) is 83.2 Å². The number of carbonyl (C=O) groups is 1. The first kappa shape index (κ1) is 15.4. The number of thioether (sulfide) groups is 1. The van der Waals surface area contributed by atoms with Gasteiger partial charge in [0.15, 0.2) is 0 Å². The van der Waals surface area contributed by atoms with Gasteiger partial charge in [0.2, 0.25) is 0 Å². The summed E-state index contributed by atoms with van der Waals surface area (Å²) in [6.07, 6.45) is 2.10. The summed E-state index contributed by atoms with van der Waals surface area (Å²) in [5, 5.41) is 4.36. The lowest BCUT2D eigenvalue weighted by Gasteiger charge is -2.22. The highest BCUT2D eigenvalue weighted by Gasteiger charge is 2.37. The third kappa shape index (κ3) is 2.45. The number of carbonyl (C=O) groups excluding carboxylic acids is 1. The minimum absolute atomic E-state index is 0.0171. The lowest BCUT2D eigenvalue weighted by molar-refractivity contribution is -0.112. The van der Waals surface area contributed by atoms with Gasteiger partial charge in [-0.2, -0.15) is 0 Å². The zero-order valence-electron chi connectivity index (χ0n) is 14.0. The largest absolute Gasteiger partial charge is 0.299 e. The summed E-state index contributed by atoms with van der Waals surface area (Å²) in [6, 6.07) is 22.3. The lowest BCUT2D eigenvalue weighted by Crippen LogP contribution is -2.39. The van der Waals surface area contributed by atoms with Crippen molar-refractivity contribution in [3.05, 3.63) is 83.8 Å². The van der Waals surface area contributed by atoms with E-state index in [1.807, 2.05) is 59.5 Å². The zero-order valence-corrected chi connectivity index (χ0v) is 14.8. The number of benzene rings is 3. The van der Waals surface area contributed by atoms with E-state index in [4.69, 9.17) is 4.99 Å². The maximum absolute atomic E-state index is 13.2. The molecule has 3 nitrogen and oxygen atoms in total. The van der Waals surface area contributed by atoms with E-state index in [-0.39, 0.29) is 11.9 Å². The van der Waals surface area contributed by atoms with Gasteiger partial charge in [0.05, 0.1) is 17.4 Å². The van der Waals surface area contributed by atoms with Crippen molar-refractivity contribution in [3.8, 4) is 0 Å². The van der Waals surface area contributed by atoms with Crippen LogP contribution in [0.5, 0.6) is 0 Å². The molecule has 2 aliphatic rings. The van der Waals surface area contributed by atoms with Crippen molar-refractivity contribution in [2.75, 3.05) is 10.7 Å². The molecule has 126 valence electrons. The first-order valence-corrected chi connectivity index (χ1v) is 9.65. The van der Waals surface area contributed by atoms with Gasteiger partial charge in [0.1, 0.15) is 5.71 Å². The van der Waals surface area contributed by atoms with Gasteiger partial charge in [-0.1, -0.05) is 54.6 Å². The van der Waals surface area contributed by atoms with Gasteiger partial charge < -0.3 is 0 Å². The molecule has 3 aromatic carbocycles. The predicted molar refractivity (Wildman–Crippen MR) is 109 cm³/mol. The van der Waals surface area contributed by atoms with E-state index in [9.17, 15) is 4.79 Å². The van der Waals surface area contributed by atoms with Gasteiger partial charge in [-0.05, 0) is 34.4 Å². The van der Waals surface area contributed by atoms with Gasteiger partial charge in [0, 0.05) is 11.3 Å². The molecule has 0 spiro atoms. The average Bonchev–Trinajstić information content (AvgIpc) is 3.29. The number of hydrogen-bond donors (Lipinski definition) is 0. The van der Waals surface area contributed by atoms with Crippen LogP contribution >= 0.6 is 11.8 Å². The predicted octanol–water partition coefficient (Wildman–Crippen LogP) is 4.94. The molecule has 0 fully saturated rings. The van der Waals surface area contributed by atoms with Crippen LogP contribution in [0, 0.1) is 0 Å². The Labute approximate surface area is 156 Å². The van der Waals surface area contributed by atoms with Crippen LogP contribution in [0.4, 0.5) is 11.4 Å². The van der Waals surface area contributed by atoms with E-state index in [0.29, 0.717) is 5.71 Å². The van der Waals surface area contributed by atoms with E-state index >= 15 is 0 Å². The Bertz CT molecular complexity index is 1090. The number of fused-ring (bicyclic) bond motifs is 2. The number of aliphatic imine (C=N–C) groups is 1. The van der Waals surface area contributed by atoms with Crippen LogP contribution in [0.25, 0.3) is 10.8 Å². The fraction of sp³-hybridized carbons (Fsp3) is 0.0909.